The maximum absolute atomic E-state index is 12.9. The Hall–Kier alpha value is -2.35. The van der Waals surface area contributed by atoms with E-state index in [-0.39, 0.29) is 23.5 Å². The predicted molar refractivity (Wildman–Crippen MR) is 105 cm³/mol. The predicted octanol–water partition coefficient (Wildman–Crippen LogP) is 1.82. The topological polar surface area (TPSA) is 81.5 Å². The Kier molecular flexibility index (Phi) is 4.69. The number of amides is 1. The van der Waals surface area contributed by atoms with Gasteiger partial charge >= 0.3 is 0 Å². The zero-order valence-corrected chi connectivity index (χ0v) is 17.2. The lowest BCUT2D eigenvalue weighted by atomic mass is 10.1. The fraction of sp³-hybridized carbons (Fsp3) is 0.500. The third kappa shape index (κ3) is 3.41. The van der Waals surface area contributed by atoms with Crippen LogP contribution >= 0.6 is 0 Å². The van der Waals surface area contributed by atoms with Gasteiger partial charge in [-0.25, -0.2) is 8.42 Å². The molecule has 1 aromatic carbocycles. The van der Waals surface area contributed by atoms with Crippen LogP contribution in [0.1, 0.15) is 35.0 Å². The number of rotatable bonds is 4. The lowest BCUT2D eigenvalue weighted by Crippen LogP contribution is -2.38. The average Bonchev–Trinajstić information content (AvgIpc) is 3.32. The minimum atomic E-state index is -2.98. The van der Waals surface area contributed by atoms with E-state index in [4.69, 9.17) is 4.74 Å². The quantitative estimate of drug-likeness (QED) is 0.778. The SMILES string of the molecule is Cc1nn([C@@H]2CCS(=O)(=O)C2)c(C)c1CN(C)C(=O)[C@H]1Cc2ccccc2O1. The molecule has 0 radical (unpaired) electrons. The number of fused-ring (bicyclic) bond motifs is 1. The van der Waals surface area contributed by atoms with Crippen LogP contribution in [-0.2, 0) is 27.6 Å². The highest BCUT2D eigenvalue weighted by molar-refractivity contribution is 7.91. The molecule has 28 heavy (non-hydrogen) atoms. The van der Waals surface area contributed by atoms with E-state index in [1.54, 1.807) is 11.9 Å². The van der Waals surface area contributed by atoms with E-state index < -0.39 is 15.9 Å². The van der Waals surface area contributed by atoms with Gasteiger partial charge in [0.1, 0.15) is 5.75 Å². The van der Waals surface area contributed by atoms with E-state index in [1.165, 1.54) is 0 Å². The number of aryl methyl sites for hydroxylation is 1. The van der Waals surface area contributed by atoms with Crippen molar-refractivity contribution in [1.82, 2.24) is 14.7 Å². The standard InChI is InChI=1S/C20H25N3O4S/c1-13-17(14(2)23(21-13)16-8-9-28(25,26)12-16)11-22(3)20(24)19-10-15-6-4-5-7-18(15)27-19/h4-7,16,19H,8-12H2,1-3H3/t16-,19-/m1/s1. The third-order valence-electron chi connectivity index (χ3n) is 5.72. The van der Waals surface area contributed by atoms with Gasteiger partial charge in [0.05, 0.1) is 23.2 Å². The number of likely N-dealkylation sites (N-methyl/N-ethyl adjacent to an activating group) is 1. The minimum Gasteiger partial charge on any atom is -0.480 e. The molecule has 4 rings (SSSR count). The van der Waals surface area contributed by atoms with Gasteiger partial charge in [0.25, 0.3) is 5.91 Å². The van der Waals surface area contributed by atoms with E-state index >= 15 is 0 Å². The molecule has 7 nitrogen and oxygen atoms in total. The lowest BCUT2D eigenvalue weighted by Gasteiger charge is -2.21. The first-order valence-electron chi connectivity index (χ1n) is 9.49. The Bertz CT molecular complexity index is 1000. The molecule has 3 heterocycles. The van der Waals surface area contributed by atoms with Crippen molar-refractivity contribution < 1.29 is 17.9 Å². The minimum absolute atomic E-state index is 0.0637. The molecule has 2 aromatic rings. The molecule has 0 bridgehead atoms. The smallest absolute Gasteiger partial charge is 0.264 e. The molecule has 0 aliphatic carbocycles. The molecule has 1 amide bonds. The number of carbonyl (C=O) groups excluding carboxylic acids is 1. The average molecular weight is 404 g/mol. The van der Waals surface area contributed by atoms with Crippen LogP contribution in [0.2, 0.25) is 0 Å². The Balaban J connectivity index is 1.48. The Morgan fingerprint density at radius 2 is 2.07 bits per heavy atom. The number of ether oxygens (including phenoxy) is 1. The van der Waals surface area contributed by atoms with Crippen LogP contribution in [-0.4, -0.2) is 53.7 Å². The van der Waals surface area contributed by atoms with Gasteiger partial charge in [0, 0.05) is 31.3 Å². The molecule has 1 saturated heterocycles. The number of hydrogen-bond acceptors (Lipinski definition) is 5. The van der Waals surface area contributed by atoms with E-state index in [0.29, 0.717) is 19.4 Å². The van der Waals surface area contributed by atoms with Gasteiger partial charge in [-0.2, -0.15) is 5.10 Å². The summed E-state index contributed by atoms with van der Waals surface area (Å²) < 4.78 is 31.3. The maximum Gasteiger partial charge on any atom is 0.264 e. The van der Waals surface area contributed by atoms with Gasteiger partial charge in [-0.3, -0.25) is 9.48 Å². The largest absolute Gasteiger partial charge is 0.480 e. The summed E-state index contributed by atoms with van der Waals surface area (Å²) >= 11 is 0. The molecule has 1 aromatic heterocycles. The number of para-hydroxylation sites is 1. The highest BCUT2D eigenvalue weighted by Crippen LogP contribution is 2.30. The number of benzene rings is 1. The van der Waals surface area contributed by atoms with Gasteiger partial charge in [0.2, 0.25) is 0 Å². The van der Waals surface area contributed by atoms with Gasteiger partial charge in [0.15, 0.2) is 15.9 Å². The number of aromatic nitrogens is 2. The summed E-state index contributed by atoms with van der Waals surface area (Å²) in [4.78, 5) is 14.6. The van der Waals surface area contributed by atoms with Gasteiger partial charge in [-0.15, -0.1) is 0 Å². The Morgan fingerprint density at radius 1 is 1.32 bits per heavy atom. The van der Waals surface area contributed by atoms with Crippen molar-refractivity contribution in [3.63, 3.8) is 0 Å². The normalized spacial score (nSPS) is 22.7. The number of nitrogens with zero attached hydrogens (tertiary/aromatic N) is 3. The molecule has 0 spiro atoms. The van der Waals surface area contributed by atoms with Crippen LogP contribution in [0.25, 0.3) is 0 Å². The highest BCUT2D eigenvalue weighted by atomic mass is 32.2. The van der Waals surface area contributed by atoms with Crippen molar-refractivity contribution in [3.05, 3.63) is 46.8 Å². The van der Waals surface area contributed by atoms with Crippen LogP contribution in [0.15, 0.2) is 24.3 Å². The zero-order valence-electron chi connectivity index (χ0n) is 16.4. The summed E-state index contributed by atoms with van der Waals surface area (Å²) in [7, 11) is -1.21. The first-order valence-corrected chi connectivity index (χ1v) is 11.3. The molecule has 8 heteroatoms. The zero-order chi connectivity index (χ0) is 20.1. The van der Waals surface area contributed by atoms with Gasteiger partial charge in [-0.1, -0.05) is 18.2 Å². The van der Waals surface area contributed by atoms with E-state index in [1.807, 2.05) is 42.8 Å². The monoisotopic (exact) mass is 403 g/mol. The van der Waals surface area contributed by atoms with Crippen molar-refractivity contribution in [1.29, 1.82) is 0 Å². The van der Waals surface area contributed by atoms with Crippen molar-refractivity contribution in [3.8, 4) is 5.75 Å². The van der Waals surface area contributed by atoms with Crippen LogP contribution < -0.4 is 4.74 Å². The Morgan fingerprint density at radius 3 is 2.75 bits per heavy atom. The second kappa shape index (κ2) is 6.92. The Labute approximate surface area is 165 Å². The summed E-state index contributed by atoms with van der Waals surface area (Å²) in [5, 5.41) is 4.58. The maximum atomic E-state index is 12.9. The van der Waals surface area contributed by atoms with Crippen LogP contribution in [0.5, 0.6) is 5.75 Å². The molecule has 2 atom stereocenters. The second-order valence-electron chi connectivity index (χ2n) is 7.76. The number of carbonyl (C=O) groups is 1. The molecule has 150 valence electrons. The fourth-order valence-corrected chi connectivity index (χ4v) is 5.82. The summed E-state index contributed by atoms with van der Waals surface area (Å²) in [6.45, 7) is 4.27. The van der Waals surface area contributed by atoms with Crippen molar-refractivity contribution in [2.45, 2.75) is 45.4 Å². The molecule has 2 aliphatic rings. The summed E-state index contributed by atoms with van der Waals surface area (Å²) in [5.74, 6) is 1.06. The van der Waals surface area contributed by atoms with Crippen molar-refractivity contribution in [2.24, 2.45) is 0 Å². The second-order valence-corrected chi connectivity index (χ2v) is 9.99. The first-order chi connectivity index (χ1) is 13.2. The molecular weight excluding hydrogens is 378 g/mol. The lowest BCUT2D eigenvalue weighted by molar-refractivity contribution is -0.137. The fourth-order valence-electron chi connectivity index (χ4n) is 4.13. The van der Waals surface area contributed by atoms with Gasteiger partial charge in [-0.05, 0) is 31.9 Å². The molecule has 2 aliphatic heterocycles. The molecule has 0 unspecified atom stereocenters. The molecular formula is C20H25N3O4S. The highest BCUT2D eigenvalue weighted by Gasteiger charge is 2.33. The molecule has 1 fully saturated rings. The number of hydrogen-bond donors (Lipinski definition) is 0. The van der Waals surface area contributed by atoms with Crippen molar-refractivity contribution in [2.75, 3.05) is 18.6 Å². The summed E-state index contributed by atoms with van der Waals surface area (Å²) in [5.41, 5.74) is 3.78. The van der Waals surface area contributed by atoms with Crippen LogP contribution in [0.3, 0.4) is 0 Å². The van der Waals surface area contributed by atoms with Crippen LogP contribution in [0.4, 0.5) is 0 Å². The van der Waals surface area contributed by atoms with Crippen molar-refractivity contribution >= 4 is 15.7 Å². The first kappa shape index (κ1) is 19.0. The number of sulfone groups is 1. The molecule has 0 N–H and O–H groups in total. The summed E-state index contributed by atoms with van der Waals surface area (Å²) in [6, 6.07) is 7.60. The van der Waals surface area contributed by atoms with Crippen LogP contribution in [0, 0.1) is 13.8 Å². The van der Waals surface area contributed by atoms with E-state index in [0.717, 1.165) is 28.3 Å². The van der Waals surface area contributed by atoms with E-state index in [2.05, 4.69) is 5.10 Å². The van der Waals surface area contributed by atoms with Gasteiger partial charge < -0.3 is 9.64 Å². The molecule has 0 saturated carbocycles. The third-order valence-corrected chi connectivity index (χ3v) is 7.47. The van der Waals surface area contributed by atoms with E-state index in [9.17, 15) is 13.2 Å². The summed E-state index contributed by atoms with van der Waals surface area (Å²) in [6.07, 6.45) is 0.668.